The van der Waals surface area contributed by atoms with Crippen LogP contribution < -0.4 is 10.2 Å². The number of amides is 2. The summed E-state index contributed by atoms with van der Waals surface area (Å²) in [6.45, 7) is 7.73. The first-order chi connectivity index (χ1) is 11.8. The Kier molecular flexibility index (Phi) is 6.21. The molecular weight excluding hydrogens is 336 g/mol. The van der Waals surface area contributed by atoms with Crippen molar-refractivity contribution < 1.29 is 9.59 Å². The number of halogens is 1. The Bertz CT molecular complexity index is 802. The summed E-state index contributed by atoms with van der Waals surface area (Å²) in [5, 5.41) is 3.44. The first-order valence-electron chi connectivity index (χ1n) is 8.19. The highest BCUT2D eigenvalue weighted by molar-refractivity contribution is 6.31. The van der Waals surface area contributed by atoms with Gasteiger partial charge in [-0.3, -0.25) is 9.59 Å². The minimum Gasteiger partial charge on any atom is -0.326 e. The van der Waals surface area contributed by atoms with E-state index in [1.165, 1.54) is 12.5 Å². The molecule has 0 radical (unpaired) electrons. The van der Waals surface area contributed by atoms with Crippen LogP contribution in [0.2, 0.25) is 5.02 Å². The molecule has 0 spiro atoms. The van der Waals surface area contributed by atoms with E-state index in [1.807, 2.05) is 45.0 Å². The topological polar surface area (TPSA) is 49.4 Å². The van der Waals surface area contributed by atoms with Crippen LogP contribution in [0.5, 0.6) is 0 Å². The van der Waals surface area contributed by atoms with Crippen molar-refractivity contribution in [3.63, 3.8) is 0 Å². The lowest BCUT2D eigenvalue weighted by atomic mass is 10.1. The Morgan fingerprint density at radius 3 is 2.32 bits per heavy atom. The van der Waals surface area contributed by atoms with E-state index in [-0.39, 0.29) is 18.2 Å². The zero-order chi connectivity index (χ0) is 18.6. The molecule has 5 heteroatoms. The molecule has 0 saturated heterocycles. The minimum atomic E-state index is -0.130. The van der Waals surface area contributed by atoms with Gasteiger partial charge in [-0.2, -0.15) is 0 Å². The van der Waals surface area contributed by atoms with Crippen LogP contribution in [0.15, 0.2) is 36.4 Å². The average molecular weight is 359 g/mol. The number of nitrogens with zero attached hydrogens (tertiary/aromatic N) is 1. The number of benzene rings is 2. The van der Waals surface area contributed by atoms with Crippen LogP contribution in [0.25, 0.3) is 0 Å². The van der Waals surface area contributed by atoms with E-state index in [0.29, 0.717) is 11.6 Å². The predicted octanol–water partition coefficient (Wildman–Crippen LogP) is 4.65. The molecule has 0 fully saturated rings. The summed E-state index contributed by atoms with van der Waals surface area (Å²) >= 11 is 6.05. The zero-order valence-corrected chi connectivity index (χ0v) is 15.8. The first kappa shape index (κ1) is 19.0. The van der Waals surface area contributed by atoms with Gasteiger partial charge >= 0.3 is 0 Å². The van der Waals surface area contributed by atoms with Crippen LogP contribution in [0.3, 0.4) is 0 Å². The number of aryl methyl sites for hydroxylation is 3. The fourth-order valence-electron chi connectivity index (χ4n) is 2.58. The third kappa shape index (κ3) is 5.07. The van der Waals surface area contributed by atoms with Gasteiger partial charge in [-0.15, -0.1) is 0 Å². The van der Waals surface area contributed by atoms with E-state index in [9.17, 15) is 9.59 Å². The van der Waals surface area contributed by atoms with Gasteiger partial charge in [0.2, 0.25) is 11.8 Å². The summed E-state index contributed by atoms with van der Waals surface area (Å²) in [6, 6.07) is 11.2. The number of anilines is 2. The number of nitrogens with one attached hydrogen (secondary N) is 1. The van der Waals surface area contributed by atoms with E-state index in [2.05, 4.69) is 5.32 Å². The van der Waals surface area contributed by atoms with Crippen molar-refractivity contribution in [2.75, 3.05) is 16.8 Å². The Morgan fingerprint density at radius 2 is 1.68 bits per heavy atom. The van der Waals surface area contributed by atoms with Gasteiger partial charge in [0, 0.05) is 36.3 Å². The van der Waals surface area contributed by atoms with Crippen LogP contribution in [-0.2, 0) is 9.59 Å². The van der Waals surface area contributed by atoms with Crippen molar-refractivity contribution in [3.8, 4) is 0 Å². The summed E-state index contributed by atoms with van der Waals surface area (Å²) in [6.07, 6.45) is 0.207. The maximum absolute atomic E-state index is 12.2. The average Bonchev–Trinajstić information content (AvgIpc) is 2.54. The largest absolute Gasteiger partial charge is 0.326 e. The number of rotatable bonds is 5. The molecule has 1 N–H and O–H groups in total. The molecule has 2 amide bonds. The van der Waals surface area contributed by atoms with E-state index in [1.54, 1.807) is 17.0 Å². The predicted molar refractivity (Wildman–Crippen MR) is 103 cm³/mol. The smallest absolute Gasteiger partial charge is 0.226 e. The standard InChI is InChI=1S/C20H23ClN2O2/c1-13-6-8-18(11-15(13)3)22-20(25)9-10-23(16(4)24)19-12-17(21)7-5-14(19)2/h5-8,11-12H,9-10H2,1-4H3,(H,22,25). The van der Waals surface area contributed by atoms with Crippen LogP contribution in [0.4, 0.5) is 11.4 Å². The Hall–Kier alpha value is -2.33. The first-order valence-corrected chi connectivity index (χ1v) is 8.57. The van der Waals surface area contributed by atoms with Crippen molar-refractivity contribution in [1.29, 1.82) is 0 Å². The number of hydrogen-bond acceptors (Lipinski definition) is 2. The molecule has 0 saturated carbocycles. The molecule has 0 aliphatic carbocycles. The molecule has 4 nitrogen and oxygen atoms in total. The third-order valence-electron chi connectivity index (χ3n) is 4.20. The number of carbonyl (C=O) groups is 2. The molecule has 0 unspecified atom stereocenters. The molecule has 25 heavy (non-hydrogen) atoms. The Labute approximate surface area is 153 Å². The fourth-order valence-corrected chi connectivity index (χ4v) is 2.74. The van der Waals surface area contributed by atoms with Gasteiger partial charge in [-0.05, 0) is 61.7 Å². The van der Waals surface area contributed by atoms with Crippen LogP contribution >= 0.6 is 11.6 Å². The monoisotopic (exact) mass is 358 g/mol. The van der Waals surface area contributed by atoms with Crippen molar-refractivity contribution in [1.82, 2.24) is 0 Å². The summed E-state index contributed by atoms with van der Waals surface area (Å²) in [4.78, 5) is 25.8. The van der Waals surface area contributed by atoms with Gasteiger partial charge in [-0.25, -0.2) is 0 Å². The highest BCUT2D eigenvalue weighted by Crippen LogP contribution is 2.25. The maximum Gasteiger partial charge on any atom is 0.226 e. The van der Waals surface area contributed by atoms with Gasteiger partial charge < -0.3 is 10.2 Å². The van der Waals surface area contributed by atoms with Gasteiger partial charge in [0.25, 0.3) is 0 Å². The second kappa shape index (κ2) is 8.17. The quantitative estimate of drug-likeness (QED) is 0.845. The van der Waals surface area contributed by atoms with Gasteiger partial charge in [0.1, 0.15) is 0 Å². The third-order valence-corrected chi connectivity index (χ3v) is 4.43. The molecule has 0 aliphatic rings. The molecule has 132 valence electrons. The zero-order valence-electron chi connectivity index (χ0n) is 15.0. The lowest BCUT2D eigenvalue weighted by Crippen LogP contribution is -2.32. The summed E-state index contributed by atoms with van der Waals surface area (Å²) in [5.74, 6) is -0.251. The van der Waals surface area contributed by atoms with Gasteiger partial charge in [-0.1, -0.05) is 23.7 Å². The van der Waals surface area contributed by atoms with Crippen molar-refractivity contribution in [2.45, 2.75) is 34.1 Å². The Balaban J connectivity index is 2.05. The van der Waals surface area contributed by atoms with Crippen LogP contribution in [0.1, 0.15) is 30.0 Å². The number of carbonyl (C=O) groups excluding carboxylic acids is 2. The van der Waals surface area contributed by atoms with Crippen LogP contribution in [-0.4, -0.2) is 18.4 Å². The van der Waals surface area contributed by atoms with E-state index >= 15 is 0 Å². The number of hydrogen-bond donors (Lipinski definition) is 1. The second-order valence-electron chi connectivity index (χ2n) is 6.20. The normalized spacial score (nSPS) is 10.4. The SMILES string of the molecule is CC(=O)N(CCC(=O)Nc1ccc(C)c(C)c1)c1cc(Cl)ccc1C. The highest BCUT2D eigenvalue weighted by atomic mass is 35.5. The van der Waals surface area contributed by atoms with E-state index < -0.39 is 0 Å². The molecule has 0 heterocycles. The molecule has 0 aliphatic heterocycles. The van der Waals surface area contributed by atoms with Crippen molar-refractivity contribution in [2.24, 2.45) is 0 Å². The molecule has 0 atom stereocenters. The summed E-state index contributed by atoms with van der Waals surface area (Å²) < 4.78 is 0. The molecule has 2 rings (SSSR count). The second-order valence-corrected chi connectivity index (χ2v) is 6.64. The van der Waals surface area contributed by atoms with Crippen molar-refractivity contribution >= 4 is 34.8 Å². The van der Waals surface area contributed by atoms with Gasteiger partial charge in [0.15, 0.2) is 0 Å². The summed E-state index contributed by atoms with van der Waals surface area (Å²) in [5.41, 5.74) is 4.74. The molecule has 2 aromatic rings. The maximum atomic E-state index is 12.2. The molecule has 0 bridgehead atoms. The minimum absolute atomic E-state index is 0.121. The highest BCUT2D eigenvalue weighted by Gasteiger charge is 2.16. The molecular formula is C20H23ClN2O2. The van der Waals surface area contributed by atoms with Crippen LogP contribution in [0, 0.1) is 20.8 Å². The van der Waals surface area contributed by atoms with Crippen molar-refractivity contribution in [3.05, 3.63) is 58.1 Å². The Morgan fingerprint density at radius 1 is 1.00 bits per heavy atom. The summed E-state index contributed by atoms with van der Waals surface area (Å²) in [7, 11) is 0. The van der Waals surface area contributed by atoms with E-state index in [4.69, 9.17) is 11.6 Å². The molecule has 2 aromatic carbocycles. The van der Waals surface area contributed by atoms with E-state index in [0.717, 1.165) is 22.5 Å². The lowest BCUT2D eigenvalue weighted by Gasteiger charge is -2.23. The lowest BCUT2D eigenvalue weighted by molar-refractivity contribution is -0.117. The fraction of sp³-hybridized carbons (Fsp3) is 0.300. The molecule has 0 aromatic heterocycles. The van der Waals surface area contributed by atoms with Gasteiger partial charge in [0.05, 0.1) is 0 Å².